The molecule has 0 aliphatic carbocycles. The summed E-state index contributed by atoms with van der Waals surface area (Å²) in [7, 11) is 0. The molecule has 4 heteroatoms. The second-order valence-corrected chi connectivity index (χ2v) is 3.35. The fraction of sp³-hybridized carbons (Fsp3) is 0.538. The van der Waals surface area contributed by atoms with Crippen LogP contribution in [0.2, 0.25) is 0 Å². The van der Waals surface area contributed by atoms with Crippen molar-refractivity contribution in [3.63, 3.8) is 0 Å². The van der Waals surface area contributed by atoms with Crippen LogP contribution in [-0.2, 0) is 19.1 Å². The lowest BCUT2D eigenvalue weighted by Gasteiger charge is -2.25. The first-order chi connectivity index (χ1) is 8.08. The lowest BCUT2D eigenvalue weighted by atomic mass is 9.82. The molecule has 0 unspecified atom stereocenters. The third-order valence-corrected chi connectivity index (χ3v) is 2.56. The normalized spacial score (nSPS) is 9.88. The molecule has 0 fully saturated rings. The molecule has 0 aromatic heterocycles. The molecule has 17 heavy (non-hydrogen) atoms. The highest BCUT2D eigenvalue weighted by Crippen LogP contribution is 2.29. The summed E-state index contributed by atoms with van der Waals surface area (Å²) in [6, 6.07) is 0. The molecule has 0 saturated carbocycles. The second kappa shape index (κ2) is 7.35. The highest BCUT2D eigenvalue weighted by Gasteiger charge is 2.45. The molecule has 0 aromatic carbocycles. The van der Waals surface area contributed by atoms with Crippen molar-refractivity contribution in [2.24, 2.45) is 5.41 Å². The first-order valence-corrected chi connectivity index (χ1v) is 5.30. The number of rotatable bonds is 6. The van der Waals surface area contributed by atoms with Gasteiger partial charge in [0.2, 0.25) is 0 Å². The van der Waals surface area contributed by atoms with Crippen LogP contribution in [0, 0.1) is 30.1 Å². The van der Waals surface area contributed by atoms with Crippen LogP contribution < -0.4 is 0 Å². The maximum Gasteiger partial charge on any atom is 0.324 e. The molecule has 4 nitrogen and oxygen atoms in total. The highest BCUT2D eigenvalue weighted by molar-refractivity contribution is 6.00. The van der Waals surface area contributed by atoms with Gasteiger partial charge in [0.05, 0.1) is 0 Å². The van der Waals surface area contributed by atoms with Gasteiger partial charge in [-0.05, 0) is 12.8 Å². The summed E-state index contributed by atoms with van der Waals surface area (Å²) in [5.74, 6) is 3.02. The Morgan fingerprint density at radius 2 is 1.35 bits per heavy atom. The van der Waals surface area contributed by atoms with Crippen molar-refractivity contribution in [1.82, 2.24) is 0 Å². The Labute approximate surface area is 102 Å². The van der Waals surface area contributed by atoms with Gasteiger partial charge >= 0.3 is 11.9 Å². The van der Waals surface area contributed by atoms with Crippen LogP contribution in [0.4, 0.5) is 0 Å². The monoisotopic (exact) mass is 236 g/mol. The van der Waals surface area contributed by atoms with Crippen molar-refractivity contribution in [3.8, 4) is 24.7 Å². The van der Waals surface area contributed by atoms with E-state index in [0.29, 0.717) is 0 Å². The minimum absolute atomic E-state index is 0.164. The Morgan fingerprint density at radius 3 is 1.59 bits per heavy atom. The van der Waals surface area contributed by atoms with Gasteiger partial charge in [0, 0.05) is 0 Å². The van der Waals surface area contributed by atoms with E-state index in [1.807, 2.05) is 0 Å². The zero-order chi connectivity index (χ0) is 13.3. The number of esters is 2. The van der Waals surface area contributed by atoms with Gasteiger partial charge in [0.1, 0.15) is 0 Å². The molecular weight excluding hydrogens is 220 g/mol. The molecular formula is C13H16O4. The summed E-state index contributed by atoms with van der Waals surface area (Å²) in [5.41, 5.74) is -1.31. The Kier molecular flexibility index (Phi) is 6.51. The molecule has 92 valence electrons. The van der Waals surface area contributed by atoms with Crippen LogP contribution in [0.1, 0.15) is 26.7 Å². The third kappa shape index (κ3) is 3.53. The van der Waals surface area contributed by atoms with E-state index in [1.54, 1.807) is 13.8 Å². The Balaban J connectivity index is 4.90. The molecule has 0 rings (SSSR count). The van der Waals surface area contributed by atoms with Gasteiger partial charge in [-0.2, -0.15) is 0 Å². The maximum absolute atomic E-state index is 11.8. The molecule has 0 heterocycles. The average molecular weight is 236 g/mol. The fourth-order valence-electron chi connectivity index (χ4n) is 1.40. The minimum atomic E-state index is -1.31. The van der Waals surface area contributed by atoms with Crippen LogP contribution in [0.3, 0.4) is 0 Å². The molecule has 0 radical (unpaired) electrons. The number of terminal acetylenes is 2. The van der Waals surface area contributed by atoms with Gasteiger partial charge < -0.3 is 9.47 Å². The lowest BCUT2D eigenvalue weighted by Crippen LogP contribution is -2.41. The van der Waals surface area contributed by atoms with Gasteiger partial charge in [-0.15, -0.1) is 12.8 Å². The quantitative estimate of drug-likeness (QED) is 0.394. The molecule has 0 spiro atoms. The Morgan fingerprint density at radius 1 is 1.00 bits per heavy atom. The molecule has 0 saturated heterocycles. The van der Waals surface area contributed by atoms with Crippen LogP contribution >= 0.6 is 0 Å². The summed E-state index contributed by atoms with van der Waals surface area (Å²) in [4.78, 5) is 23.6. The standard InChI is InChI=1S/C13H16O4/c1-5-9-16-11(14)13(7-3,8-4)12(15)17-10-6-2/h1-2H,7-10H2,3-4H3. The van der Waals surface area contributed by atoms with Crippen molar-refractivity contribution in [2.75, 3.05) is 13.2 Å². The smallest absolute Gasteiger partial charge is 0.324 e. The Hall–Kier alpha value is -1.94. The van der Waals surface area contributed by atoms with Crippen LogP contribution in [0.25, 0.3) is 0 Å². The van der Waals surface area contributed by atoms with Gasteiger partial charge in [-0.1, -0.05) is 25.7 Å². The van der Waals surface area contributed by atoms with Crippen LogP contribution in [0.15, 0.2) is 0 Å². The highest BCUT2D eigenvalue weighted by atomic mass is 16.6. The van der Waals surface area contributed by atoms with E-state index in [9.17, 15) is 9.59 Å². The lowest BCUT2D eigenvalue weighted by molar-refractivity contribution is -0.171. The van der Waals surface area contributed by atoms with Crippen molar-refractivity contribution in [3.05, 3.63) is 0 Å². The number of hydrogen-bond acceptors (Lipinski definition) is 4. The maximum atomic E-state index is 11.8. The number of hydrogen-bond donors (Lipinski definition) is 0. The first kappa shape index (κ1) is 15.1. The Bertz CT molecular complexity index is 321. The van der Waals surface area contributed by atoms with Crippen molar-refractivity contribution >= 4 is 11.9 Å². The summed E-state index contributed by atoms with van der Waals surface area (Å²) in [6.07, 6.45) is 10.5. The van der Waals surface area contributed by atoms with E-state index in [2.05, 4.69) is 11.8 Å². The first-order valence-electron chi connectivity index (χ1n) is 5.30. The van der Waals surface area contributed by atoms with Crippen molar-refractivity contribution < 1.29 is 19.1 Å². The predicted molar refractivity (Wildman–Crippen MR) is 62.6 cm³/mol. The zero-order valence-electron chi connectivity index (χ0n) is 10.1. The molecule has 0 aliphatic heterocycles. The van der Waals surface area contributed by atoms with Gasteiger partial charge in [0.25, 0.3) is 0 Å². The van der Waals surface area contributed by atoms with E-state index in [0.717, 1.165) is 0 Å². The molecule has 0 N–H and O–H groups in total. The molecule has 0 atom stereocenters. The number of ether oxygens (including phenoxy) is 2. The summed E-state index contributed by atoms with van der Waals surface area (Å²) in [6.45, 7) is 3.08. The summed E-state index contributed by atoms with van der Waals surface area (Å²) in [5, 5.41) is 0. The van der Waals surface area contributed by atoms with E-state index in [-0.39, 0.29) is 26.1 Å². The molecule has 0 aromatic rings. The minimum Gasteiger partial charge on any atom is -0.452 e. The fourth-order valence-corrected chi connectivity index (χ4v) is 1.40. The zero-order valence-corrected chi connectivity index (χ0v) is 10.1. The van der Waals surface area contributed by atoms with Crippen LogP contribution in [0.5, 0.6) is 0 Å². The van der Waals surface area contributed by atoms with E-state index in [4.69, 9.17) is 22.3 Å². The second-order valence-electron chi connectivity index (χ2n) is 3.35. The predicted octanol–water partition coefficient (Wildman–Crippen LogP) is 1.15. The van der Waals surface area contributed by atoms with E-state index >= 15 is 0 Å². The molecule has 0 amide bonds. The van der Waals surface area contributed by atoms with Crippen molar-refractivity contribution in [1.29, 1.82) is 0 Å². The molecule has 0 bridgehead atoms. The number of carbonyl (C=O) groups is 2. The summed E-state index contributed by atoms with van der Waals surface area (Å²) >= 11 is 0. The van der Waals surface area contributed by atoms with Gasteiger partial charge in [-0.25, -0.2) is 0 Å². The van der Waals surface area contributed by atoms with Crippen molar-refractivity contribution in [2.45, 2.75) is 26.7 Å². The third-order valence-electron chi connectivity index (χ3n) is 2.56. The van der Waals surface area contributed by atoms with Crippen LogP contribution in [-0.4, -0.2) is 25.2 Å². The summed E-state index contributed by atoms with van der Waals surface area (Å²) < 4.78 is 9.62. The van der Waals surface area contributed by atoms with Gasteiger partial charge in [-0.3, -0.25) is 9.59 Å². The largest absolute Gasteiger partial charge is 0.452 e. The van der Waals surface area contributed by atoms with Gasteiger partial charge in [0.15, 0.2) is 18.6 Å². The SMILES string of the molecule is C#CCOC(=O)C(CC)(CC)C(=O)OCC#C. The average Bonchev–Trinajstić information content (AvgIpc) is 2.35. The van der Waals surface area contributed by atoms with E-state index in [1.165, 1.54) is 0 Å². The van der Waals surface area contributed by atoms with E-state index < -0.39 is 17.4 Å². The topological polar surface area (TPSA) is 52.6 Å². The molecule has 0 aliphatic rings. The number of carbonyl (C=O) groups excluding carboxylic acids is 2.